The van der Waals surface area contributed by atoms with E-state index in [2.05, 4.69) is 183 Å². The van der Waals surface area contributed by atoms with E-state index < -0.39 is 21.1 Å². The summed E-state index contributed by atoms with van der Waals surface area (Å²) in [7, 11) is -1.35. The highest BCUT2D eigenvalue weighted by Gasteiger charge is 2.63. The van der Waals surface area contributed by atoms with Crippen LogP contribution in [0.4, 0.5) is 0 Å². The summed E-state index contributed by atoms with van der Waals surface area (Å²) in [5.74, 6) is 0. The van der Waals surface area contributed by atoms with E-state index in [1.54, 1.807) is 0 Å². The molecule has 0 N–H and O–H groups in total. The molecule has 8 nitrogen and oxygen atoms in total. The van der Waals surface area contributed by atoms with E-state index in [0.717, 1.165) is 53.8 Å². The van der Waals surface area contributed by atoms with Crippen LogP contribution in [-0.2, 0) is 27.9 Å². The van der Waals surface area contributed by atoms with Crippen LogP contribution in [0.1, 0.15) is 90.5 Å². The van der Waals surface area contributed by atoms with Gasteiger partial charge in [-0.05, 0) is 202 Å². The average Bonchev–Trinajstić information content (AvgIpc) is 4.37. The van der Waals surface area contributed by atoms with E-state index in [1.165, 1.54) is 64.6 Å². The number of halogens is 1. The summed E-state index contributed by atoms with van der Waals surface area (Å²) in [5.41, 5.74) is 2.46. The second-order valence-corrected chi connectivity index (χ2v) is 25.3. The Morgan fingerprint density at radius 1 is 0.278 bits per heavy atom. The van der Waals surface area contributed by atoms with Gasteiger partial charge in [-0.15, -0.1) is 0 Å². The van der Waals surface area contributed by atoms with Gasteiger partial charge in [-0.1, -0.05) is 133 Å². The van der Waals surface area contributed by atoms with Gasteiger partial charge in [-0.3, -0.25) is 0 Å². The lowest BCUT2D eigenvalue weighted by Gasteiger charge is -2.32. The number of fused-ring (bicyclic) bond motifs is 18. The molecule has 3 saturated heterocycles. The maximum Gasteiger partial charge on any atom is 0.494 e. The molecule has 0 bridgehead atoms. The van der Waals surface area contributed by atoms with Crippen LogP contribution in [0.5, 0.6) is 0 Å². The third-order valence-electron chi connectivity index (χ3n) is 17.9. The Hall–Kier alpha value is -6.21. The summed E-state index contributed by atoms with van der Waals surface area (Å²) in [6.07, 6.45) is 0. The van der Waals surface area contributed by atoms with Gasteiger partial charge in [0.05, 0.1) is 33.6 Å². The molecule has 3 aliphatic heterocycles. The van der Waals surface area contributed by atoms with Gasteiger partial charge in [0.2, 0.25) is 0 Å². The Morgan fingerprint density at radius 2 is 0.557 bits per heavy atom. The van der Waals surface area contributed by atoms with Crippen molar-refractivity contribution >= 4 is 151 Å². The Balaban J connectivity index is 0.000000124. The number of rotatable bonds is 2. The molecule has 15 rings (SSSR count). The SMILES string of the molecule is Brc1ccc2oc3cc4c5ccccc5c5ccccc5c4cc3c2c1.C.CC1(C)OB(B2OC(C)(C)C(C)(C)O2)OC1(C)C.CC1(C)OB(c2ccc3oc4cc5c6ccccc6c6ccccc6c5cc4c3c2)OC1(C)C. The molecule has 2 aromatic heterocycles. The summed E-state index contributed by atoms with van der Waals surface area (Å²) >= 11 is 3.58. The lowest BCUT2D eigenvalue weighted by molar-refractivity contribution is 0.00578. The standard InChI is InChI=1S/C30H25BO3.C24H13BrO.C12H24B2O4.CH4/c1-29(2)30(3,4)34-31(33-29)18-13-14-27-25(15-18)26-16-23-21-11-7-5-9-19(21)20-10-6-8-12-22(20)24(23)17-28(26)32-27;25-14-9-10-23-21(11-14)22-12-19-17-7-3-1-5-15(17)16-6-2-4-8-18(16)20(19)13-24(22)26-23;1-9(2)10(3,4)16-13(15-9)14-17-11(5,6)12(7,8)18-14;/h5-17H,1-4H3;1-13H;1-8H3;1H4. The molecule has 5 heterocycles. The average molecular weight is 1110 g/mol. The molecule has 0 spiro atoms. The van der Waals surface area contributed by atoms with Gasteiger partial charge in [0.15, 0.2) is 0 Å². The molecule has 0 saturated carbocycles. The van der Waals surface area contributed by atoms with Crippen LogP contribution >= 0.6 is 15.9 Å². The molecule has 3 fully saturated rings. The first kappa shape index (κ1) is 53.4. The zero-order valence-electron chi connectivity index (χ0n) is 46.4. The van der Waals surface area contributed by atoms with Crippen LogP contribution in [0.15, 0.2) is 171 Å². The molecule has 0 aliphatic carbocycles. The van der Waals surface area contributed by atoms with E-state index >= 15 is 0 Å². The number of hydrogen-bond acceptors (Lipinski definition) is 8. The molecular weight excluding hydrogens is 1050 g/mol. The van der Waals surface area contributed by atoms with Crippen molar-refractivity contribution in [2.24, 2.45) is 0 Å². The van der Waals surface area contributed by atoms with Gasteiger partial charge in [0, 0.05) is 26.0 Å². The second-order valence-electron chi connectivity index (χ2n) is 24.4. The molecular formula is C67H66B3BrO8. The number of furan rings is 2. The zero-order chi connectivity index (χ0) is 54.5. The first-order valence-corrected chi connectivity index (χ1v) is 27.9. The zero-order valence-corrected chi connectivity index (χ0v) is 48.0. The van der Waals surface area contributed by atoms with Crippen molar-refractivity contribution in [3.8, 4) is 0 Å². The fourth-order valence-corrected chi connectivity index (χ4v) is 11.8. The van der Waals surface area contributed by atoms with E-state index in [1.807, 2.05) is 73.6 Å². The molecule has 79 heavy (non-hydrogen) atoms. The van der Waals surface area contributed by atoms with Crippen LogP contribution in [0.3, 0.4) is 0 Å². The van der Waals surface area contributed by atoms with Crippen molar-refractivity contribution in [2.45, 2.75) is 124 Å². The first-order chi connectivity index (χ1) is 37.0. The molecule has 12 aromatic rings. The van der Waals surface area contributed by atoms with E-state index in [0.29, 0.717) is 0 Å². The predicted molar refractivity (Wildman–Crippen MR) is 335 cm³/mol. The molecule has 0 unspecified atom stereocenters. The fraction of sp³-hybridized carbons (Fsp3) is 0.284. The Bertz CT molecular complexity index is 4340. The molecule has 10 aromatic carbocycles. The van der Waals surface area contributed by atoms with Crippen LogP contribution in [0, 0.1) is 0 Å². The molecule has 398 valence electrons. The van der Waals surface area contributed by atoms with Gasteiger partial charge >= 0.3 is 21.1 Å². The largest absolute Gasteiger partial charge is 0.494 e. The van der Waals surface area contributed by atoms with Crippen molar-refractivity contribution in [3.05, 3.63) is 162 Å². The van der Waals surface area contributed by atoms with Gasteiger partial charge < -0.3 is 36.8 Å². The fourth-order valence-electron chi connectivity index (χ4n) is 11.5. The highest BCUT2D eigenvalue weighted by atomic mass is 79.9. The summed E-state index contributed by atoms with van der Waals surface area (Å²) in [6.45, 7) is 24.5. The summed E-state index contributed by atoms with van der Waals surface area (Å²) in [5, 5.41) is 19.7. The Morgan fingerprint density at radius 3 is 0.911 bits per heavy atom. The predicted octanol–water partition coefficient (Wildman–Crippen LogP) is 18.0. The van der Waals surface area contributed by atoms with E-state index in [9.17, 15) is 0 Å². The first-order valence-electron chi connectivity index (χ1n) is 27.1. The van der Waals surface area contributed by atoms with Gasteiger partial charge in [0.1, 0.15) is 22.3 Å². The van der Waals surface area contributed by atoms with E-state index in [-0.39, 0.29) is 41.0 Å². The van der Waals surface area contributed by atoms with Crippen LogP contribution in [0.2, 0.25) is 0 Å². The molecule has 3 aliphatic rings. The molecule has 0 amide bonds. The highest BCUT2D eigenvalue weighted by molar-refractivity contribution is 9.10. The van der Waals surface area contributed by atoms with Crippen molar-refractivity contribution in [2.75, 3.05) is 0 Å². The third kappa shape index (κ3) is 8.67. The minimum Gasteiger partial charge on any atom is -0.456 e. The molecule has 12 heteroatoms. The molecule has 0 radical (unpaired) electrons. The normalized spacial score (nSPS) is 18.8. The minimum absolute atomic E-state index is 0. The number of hydrogen-bond donors (Lipinski definition) is 0. The summed E-state index contributed by atoms with van der Waals surface area (Å²) < 4.78 is 50.0. The Kier molecular flexibility index (Phi) is 12.6. The van der Waals surface area contributed by atoms with E-state index in [4.69, 9.17) is 36.8 Å². The number of benzene rings is 10. The highest BCUT2D eigenvalue weighted by Crippen LogP contribution is 2.45. The van der Waals surface area contributed by atoms with Crippen molar-refractivity contribution in [1.82, 2.24) is 0 Å². The van der Waals surface area contributed by atoms with Gasteiger partial charge in [0.25, 0.3) is 0 Å². The van der Waals surface area contributed by atoms with Crippen molar-refractivity contribution < 1.29 is 36.8 Å². The smallest absolute Gasteiger partial charge is 0.456 e. The monoisotopic (exact) mass is 1110 g/mol. The van der Waals surface area contributed by atoms with Gasteiger partial charge in [-0.25, -0.2) is 0 Å². The van der Waals surface area contributed by atoms with Gasteiger partial charge in [-0.2, -0.15) is 0 Å². The third-order valence-corrected chi connectivity index (χ3v) is 18.4. The lowest BCUT2D eigenvalue weighted by atomic mass is 9.49. The van der Waals surface area contributed by atoms with Crippen molar-refractivity contribution in [1.29, 1.82) is 0 Å². The summed E-state index contributed by atoms with van der Waals surface area (Å²) in [4.78, 5) is 0. The maximum absolute atomic E-state index is 6.34. The second kappa shape index (κ2) is 18.7. The lowest BCUT2D eigenvalue weighted by Crippen LogP contribution is -2.41. The minimum atomic E-state index is -0.476. The molecule has 0 atom stereocenters. The van der Waals surface area contributed by atoms with Crippen LogP contribution in [-0.4, -0.2) is 54.7 Å². The topological polar surface area (TPSA) is 81.7 Å². The van der Waals surface area contributed by atoms with Crippen molar-refractivity contribution in [3.63, 3.8) is 0 Å². The quantitative estimate of drug-likeness (QED) is 0.125. The Labute approximate surface area is 471 Å². The summed E-state index contributed by atoms with van der Waals surface area (Å²) in [6, 6.07) is 56.0. The van der Waals surface area contributed by atoms with Crippen LogP contribution < -0.4 is 5.46 Å². The maximum atomic E-state index is 6.34. The van der Waals surface area contributed by atoms with Crippen LogP contribution in [0.25, 0.3) is 109 Å².